The largest absolute Gasteiger partial charge is 0.481 e. The molecule has 0 saturated carbocycles. The molecule has 0 amide bonds. The van der Waals surface area contributed by atoms with E-state index in [4.69, 9.17) is 5.11 Å². The van der Waals surface area contributed by atoms with Crippen molar-refractivity contribution in [2.45, 2.75) is 18.7 Å². The number of aromatic nitrogens is 1. The minimum Gasteiger partial charge on any atom is -0.481 e. The first-order chi connectivity index (χ1) is 7.32. The maximum atomic E-state index is 12.4. The third kappa shape index (κ3) is 2.93. The molecule has 1 aromatic heterocycles. The number of halogens is 3. The van der Waals surface area contributed by atoms with Crippen molar-refractivity contribution in [1.82, 2.24) is 4.98 Å². The molecule has 1 aromatic rings. The fraction of sp³-hybridized carbons (Fsp3) is 0.333. The van der Waals surface area contributed by atoms with Crippen molar-refractivity contribution >= 4 is 5.97 Å². The maximum Gasteiger partial charge on any atom is 0.433 e. The molecule has 16 heavy (non-hydrogen) atoms. The SMILES string of the molecule is O=C(O)C[C@H](O)c1cccnc1C(F)(F)F. The molecule has 0 bridgehead atoms. The normalized spacial score (nSPS) is 13.5. The molecule has 4 nitrogen and oxygen atoms in total. The third-order valence-electron chi connectivity index (χ3n) is 1.83. The highest BCUT2D eigenvalue weighted by atomic mass is 19.4. The van der Waals surface area contributed by atoms with Gasteiger partial charge < -0.3 is 10.2 Å². The molecule has 0 aliphatic carbocycles. The van der Waals surface area contributed by atoms with Gasteiger partial charge in [-0.25, -0.2) is 0 Å². The van der Waals surface area contributed by atoms with Gasteiger partial charge in [-0.3, -0.25) is 9.78 Å². The minimum atomic E-state index is -4.71. The van der Waals surface area contributed by atoms with Gasteiger partial charge in [0.2, 0.25) is 0 Å². The number of carbonyl (C=O) groups is 1. The number of hydrogen-bond donors (Lipinski definition) is 2. The number of rotatable bonds is 3. The predicted octanol–water partition coefficient (Wildman–Crippen LogP) is 1.61. The second kappa shape index (κ2) is 4.48. The summed E-state index contributed by atoms with van der Waals surface area (Å²) in [5, 5.41) is 17.7. The van der Waals surface area contributed by atoms with Gasteiger partial charge in [0.05, 0.1) is 12.5 Å². The average Bonchev–Trinajstić information content (AvgIpc) is 2.15. The summed E-state index contributed by atoms with van der Waals surface area (Å²) in [5.41, 5.74) is -1.79. The van der Waals surface area contributed by atoms with Gasteiger partial charge in [-0.2, -0.15) is 13.2 Å². The lowest BCUT2D eigenvalue weighted by atomic mass is 10.0. The van der Waals surface area contributed by atoms with Crippen LogP contribution in [0, 0.1) is 0 Å². The van der Waals surface area contributed by atoms with Crippen molar-refractivity contribution in [2.24, 2.45) is 0 Å². The van der Waals surface area contributed by atoms with E-state index >= 15 is 0 Å². The second-order valence-electron chi connectivity index (χ2n) is 3.05. The molecule has 1 atom stereocenters. The zero-order valence-electron chi connectivity index (χ0n) is 7.90. The van der Waals surface area contributed by atoms with E-state index in [2.05, 4.69) is 4.98 Å². The van der Waals surface area contributed by atoms with Crippen molar-refractivity contribution in [1.29, 1.82) is 0 Å². The van der Waals surface area contributed by atoms with Crippen molar-refractivity contribution in [3.8, 4) is 0 Å². The number of carboxylic acid groups (broad SMARTS) is 1. The molecule has 0 unspecified atom stereocenters. The lowest BCUT2D eigenvalue weighted by Gasteiger charge is -2.14. The molecule has 7 heteroatoms. The summed E-state index contributed by atoms with van der Waals surface area (Å²) in [6.45, 7) is 0. The van der Waals surface area contributed by atoms with Gasteiger partial charge in [0, 0.05) is 11.8 Å². The first kappa shape index (κ1) is 12.4. The Morgan fingerprint density at radius 3 is 2.62 bits per heavy atom. The Morgan fingerprint density at radius 2 is 2.12 bits per heavy atom. The Hall–Kier alpha value is -1.63. The Morgan fingerprint density at radius 1 is 1.50 bits per heavy atom. The van der Waals surface area contributed by atoms with Crippen LogP contribution in [0.3, 0.4) is 0 Å². The second-order valence-corrected chi connectivity index (χ2v) is 3.05. The average molecular weight is 235 g/mol. The first-order valence-electron chi connectivity index (χ1n) is 4.24. The molecule has 0 saturated heterocycles. The van der Waals surface area contributed by atoms with Gasteiger partial charge in [0.15, 0.2) is 0 Å². The van der Waals surface area contributed by atoms with Crippen LogP contribution in [0.15, 0.2) is 18.3 Å². The number of nitrogens with zero attached hydrogens (tertiary/aromatic N) is 1. The van der Waals surface area contributed by atoms with E-state index in [1.54, 1.807) is 0 Å². The molecule has 2 N–H and O–H groups in total. The van der Waals surface area contributed by atoms with Gasteiger partial charge in [-0.05, 0) is 6.07 Å². The van der Waals surface area contributed by atoms with E-state index < -0.39 is 35.9 Å². The van der Waals surface area contributed by atoms with E-state index in [1.807, 2.05) is 0 Å². The number of carboxylic acids is 1. The first-order valence-corrected chi connectivity index (χ1v) is 4.24. The Bertz CT molecular complexity index is 392. The molecule has 0 aromatic carbocycles. The van der Waals surface area contributed by atoms with E-state index in [0.717, 1.165) is 12.3 Å². The van der Waals surface area contributed by atoms with Crippen molar-refractivity contribution < 1.29 is 28.2 Å². The van der Waals surface area contributed by atoms with Crippen LogP contribution in [0.25, 0.3) is 0 Å². The number of aliphatic hydroxyl groups excluding tert-OH is 1. The standard InChI is InChI=1S/C9H8F3NO3/c10-9(11,12)8-5(2-1-3-13-8)6(14)4-7(15)16/h1-3,6,14H,4H2,(H,15,16)/t6-/m0/s1. The molecule has 0 radical (unpaired) electrons. The van der Waals surface area contributed by atoms with Gasteiger partial charge in [-0.1, -0.05) is 6.07 Å². The summed E-state index contributed by atoms with van der Waals surface area (Å²) in [6, 6.07) is 2.21. The molecule has 1 rings (SSSR count). The van der Waals surface area contributed by atoms with Crippen molar-refractivity contribution in [2.75, 3.05) is 0 Å². The molecule has 0 aliphatic heterocycles. The Labute approximate surface area is 88.4 Å². The van der Waals surface area contributed by atoms with Gasteiger partial charge in [-0.15, -0.1) is 0 Å². The molecule has 88 valence electrons. The van der Waals surface area contributed by atoms with Crippen LogP contribution in [0.5, 0.6) is 0 Å². The highest BCUT2D eigenvalue weighted by molar-refractivity contribution is 5.67. The monoisotopic (exact) mass is 235 g/mol. The molecule has 1 heterocycles. The molecule has 0 fully saturated rings. The quantitative estimate of drug-likeness (QED) is 0.834. The number of alkyl halides is 3. The van der Waals surface area contributed by atoms with E-state index in [0.29, 0.717) is 0 Å². The van der Waals surface area contributed by atoms with E-state index in [9.17, 15) is 23.1 Å². The summed E-state index contributed by atoms with van der Waals surface area (Å²) in [6.07, 6.45) is -6.30. The summed E-state index contributed by atoms with van der Waals surface area (Å²) in [7, 11) is 0. The lowest BCUT2D eigenvalue weighted by molar-refractivity contribution is -0.145. The van der Waals surface area contributed by atoms with E-state index in [-0.39, 0.29) is 0 Å². The lowest BCUT2D eigenvalue weighted by Crippen LogP contribution is -2.15. The van der Waals surface area contributed by atoms with Gasteiger partial charge >= 0.3 is 12.1 Å². The smallest absolute Gasteiger partial charge is 0.433 e. The number of hydrogen-bond acceptors (Lipinski definition) is 3. The zero-order valence-corrected chi connectivity index (χ0v) is 7.90. The van der Waals surface area contributed by atoms with Gasteiger partial charge in [0.1, 0.15) is 5.69 Å². The number of pyridine rings is 1. The summed E-state index contributed by atoms with van der Waals surface area (Å²) >= 11 is 0. The van der Waals surface area contributed by atoms with Crippen LogP contribution in [0.4, 0.5) is 13.2 Å². The molecule has 0 spiro atoms. The highest BCUT2D eigenvalue weighted by Gasteiger charge is 2.36. The summed E-state index contributed by atoms with van der Waals surface area (Å²) in [4.78, 5) is 13.4. The third-order valence-corrected chi connectivity index (χ3v) is 1.83. The van der Waals surface area contributed by atoms with Crippen LogP contribution < -0.4 is 0 Å². The van der Waals surface area contributed by atoms with Crippen LogP contribution in [-0.4, -0.2) is 21.2 Å². The molecule has 0 aliphatic rings. The van der Waals surface area contributed by atoms with Gasteiger partial charge in [0.25, 0.3) is 0 Å². The van der Waals surface area contributed by atoms with Crippen LogP contribution in [0.2, 0.25) is 0 Å². The summed E-state index contributed by atoms with van der Waals surface area (Å²) in [5.74, 6) is -1.38. The van der Waals surface area contributed by atoms with Crippen molar-refractivity contribution in [3.63, 3.8) is 0 Å². The zero-order chi connectivity index (χ0) is 12.3. The highest BCUT2D eigenvalue weighted by Crippen LogP contribution is 2.33. The molecular weight excluding hydrogens is 227 g/mol. The minimum absolute atomic E-state index is 0.530. The summed E-state index contributed by atoms with van der Waals surface area (Å²) < 4.78 is 37.3. The Balaban J connectivity index is 3.08. The van der Waals surface area contributed by atoms with Crippen LogP contribution in [-0.2, 0) is 11.0 Å². The van der Waals surface area contributed by atoms with Crippen molar-refractivity contribution in [3.05, 3.63) is 29.6 Å². The molecular formula is C9H8F3NO3. The van der Waals surface area contributed by atoms with Crippen LogP contribution >= 0.6 is 0 Å². The topological polar surface area (TPSA) is 70.4 Å². The number of aliphatic hydroxyl groups is 1. The maximum absolute atomic E-state index is 12.4. The fourth-order valence-corrected chi connectivity index (χ4v) is 1.20. The predicted molar refractivity (Wildman–Crippen MR) is 46.5 cm³/mol. The van der Waals surface area contributed by atoms with Crippen LogP contribution in [0.1, 0.15) is 23.8 Å². The fourth-order valence-electron chi connectivity index (χ4n) is 1.20. The Kier molecular flexibility index (Phi) is 3.48. The van der Waals surface area contributed by atoms with E-state index in [1.165, 1.54) is 6.07 Å². The number of aliphatic carboxylic acids is 1.